The summed E-state index contributed by atoms with van der Waals surface area (Å²) in [5, 5.41) is 35.9. The third-order valence-electron chi connectivity index (χ3n) is 26.9. The van der Waals surface area contributed by atoms with Crippen LogP contribution >= 0.6 is 0 Å². The number of hydrogen-bond acceptors (Lipinski definition) is 22. The van der Waals surface area contributed by atoms with Gasteiger partial charge in [-0.05, 0) is 312 Å². The van der Waals surface area contributed by atoms with Crippen LogP contribution in [0.3, 0.4) is 0 Å². The van der Waals surface area contributed by atoms with E-state index in [1.165, 1.54) is 14.7 Å². The Morgan fingerprint density at radius 1 is 0.555 bits per heavy atom. The fourth-order valence-corrected chi connectivity index (χ4v) is 20.8. The maximum Gasteiger partial charge on any atom is 0.369 e. The maximum atomic E-state index is 13.8. The first-order chi connectivity index (χ1) is 54.6. The first-order valence-corrected chi connectivity index (χ1v) is 45.0. The predicted molar refractivity (Wildman–Crippen MR) is 443 cm³/mol. The molecule has 3 aromatic carbocycles. The van der Waals surface area contributed by atoms with Crippen LogP contribution in [0.5, 0.6) is 5.75 Å². The number of cyclic esters (lactones) is 1. The highest BCUT2D eigenvalue weighted by molar-refractivity contribution is 7.97. The van der Waals surface area contributed by atoms with Gasteiger partial charge in [0.15, 0.2) is 30.9 Å². The lowest BCUT2D eigenvalue weighted by Gasteiger charge is -2.70. The van der Waals surface area contributed by atoms with Crippen LogP contribution in [0, 0.1) is 61.6 Å². The molecule has 6 unspecified atom stereocenters. The van der Waals surface area contributed by atoms with E-state index in [1.54, 1.807) is 41.5 Å². The number of hydrogen-bond donors (Lipinski definition) is 4. The molecule has 0 amide bonds. The molecule has 668 valence electrons. The number of rotatable bonds is 28. The summed E-state index contributed by atoms with van der Waals surface area (Å²) < 4.78 is 104. The van der Waals surface area contributed by atoms with Crippen LogP contribution in [0.15, 0.2) is 99.6 Å². The van der Waals surface area contributed by atoms with Crippen LogP contribution in [0.25, 0.3) is 0 Å². The van der Waals surface area contributed by atoms with Crippen molar-refractivity contribution in [3.05, 3.63) is 84.9 Å². The topological polar surface area (TPSA) is 349 Å². The van der Waals surface area contributed by atoms with E-state index in [1.807, 2.05) is 121 Å². The number of carboxylic acid groups (broad SMARTS) is 1. The minimum atomic E-state index is -5.98. The van der Waals surface area contributed by atoms with Crippen LogP contribution < -0.4 is 4.74 Å². The Morgan fingerprint density at radius 2 is 0.983 bits per heavy atom. The van der Waals surface area contributed by atoms with Crippen LogP contribution in [-0.2, 0) is 92.5 Å². The zero-order valence-corrected chi connectivity index (χ0v) is 75.8. The molecule has 0 radical (unpaired) electrons. The molecule has 0 spiro atoms. The predicted octanol–water partition coefficient (Wildman–Crippen LogP) is 17.1. The molecule has 4 N–H and O–H groups in total. The zero-order chi connectivity index (χ0) is 89.6. The number of esters is 7. The molecule has 119 heavy (non-hydrogen) atoms. The van der Waals surface area contributed by atoms with Crippen molar-refractivity contribution in [1.82, 2.24) is 0 Å². The standard InChI is InChI=1S/C22H38O4.C22H23O2S.C20H30F2O7S.C18H30O6.C10H16O4/c1-8-17(2,3)16(23)26-22-11-15-9-20(13-22,18(4,5)24)12-21(10-15,14-22)19(6,7)25;1-22(2,23)17-24-18-13-15-21(16-14-18)25(19-9-5-3-6-10-19)20-11-7-4-8-12-20;1-5-17(3,4)15(23)29-19-9-13-6-14(10-19)8-18(7-13,11-19)16(24)28-12(2)20(21,22)30(25,26)27;1-6-17(2,3)16(22)23-13-9-7-12(8-10-13)18(4,5)24-15(21)11-14(19)20;1-4-10(2,3)9(12)14-7-5-6-13-8(7)11/h15,24-25H,8-14H2,1-7H3;3-16,23H,17H2,1-2H3;12-14H,5-11H2,1-4H3,(H,25,26,27);12-13H,6-11H2,1-5H3,(H,19,20);7H,4-6H2,1-3H3/q;+1;;;/p-1. The molecule has 9 aliphatic carbocycles. The van der Waals surface area contributed by atoms with E-state index in [2.05, 4.69) is 60.7 Å². The second-order valence-electron chi connectivity index (χ2n) is 40.0. The van der Waals surface area contributed by atoms with E-state index >= 15 is 0 Å². The summed E-state index contributed by atoms with van der Waals surface area (Å²) in [5.41, 5.74) is -8.58. The Balaban J connectivity index is 0.000000208. The number of aliphatic carboxylic acids is 1. The minimum absolute atomic E-state index is 0.0925. The molecule has 8 bridgehead atoms. The molecule has 1 saturated heterocycles. The van der Waals surface area contributed by atoms with Gasteiger partial charge in [-0.1, -0.05) is 64.1 Å². The van der Waals surface area contributed by atoms with E-state index in [0.29, 0.717) is 77.2 Å². The molecule has 10 aliphatic rings. The van der Waals surface area contributed by atoms with Crippen LogP contribution in [0.2, 0.25) is 0 Å². The molecular weight excluding hydrogens is 1580 g/mol. The number of halogens is 2. The molecular formula is C92H136F2O23S2. The van der Waals surface area contributed by atoms with E-state index in [0.717, 1.165) is 76.4 Å². The van der Waals surface area contributed by atoms with Crippen molar-refractivity contribution < 1.29 is 118 Å². The smallest absolute Gasteiger partial charge is 0.369 e. The van der Waals surface area contributed by atoms with E-state index in [-0.39, 0.29) is 82.5 Å². The monoisotopic (exact) mass is 1710 g/mol. The molecule has 1 aliphatic heterocycles. The molecule has 3 aromatic rings. The highest BCUT2D eigenvalue weighted by Crippen LogP contribution is 2.73. The van der Waals surface area contributed by atoms with Gasteiger partial charge in [0.05, 0.1) is 61.4 Å². The lowest BCUT2D eigenvalue weighted by atomic mass is 9.37. The summed E-state index contributed by atoms with van der Waals surface area (Å²) in [5.74, 6) is -2.79. The molecule has 10 fully saturated rings. The summed E-state index contributed by atoms with van der Waals surface area (Å²) in [6.07, 6.45) is 10.5. The van der Waals surface area contributed by atoms with Gasteiger partial charge in [-0.3, -0.25) is 33.6 Å². The zero-order valence-electron chi connectivity index (χ0n) is 74.2. The van der Waals surface area contributed by atoms with Gasteiger partial charge in [0.1, 0.15) is 41.7 Å². The molecule has 9 saturated carbocycles. The molecule has 6 atom stereocenters. The number of aliphatic hydroxyl groups is 3. The van der Waals surface area contributed by atoms with Gasteiger partial charge >= 0.3 is 53.0 Å². The third-order valence-corrected chi connectivity index (χ3v) is 30.1. The Bertz CT molecular complexity index is 4030. The number of ether oxygens (including phenoxy) is 8. The molecule has 23 nitrogen and oxygen atoms in total. The first kappa shape index (κ1) is 99.3. The van der Waals surface area contributed by atoms with Crippen LogP contribution in [-0.4, -0.2) is 152 Å². The molecule has 1 heterocycles. The SMILES string of the molecule is CC(C)(O)COc1ccc([S+](c2ccccc2)c2ccccc2)cc1.CCC(C)(C)C(=O)OC12CC3CC(C(C)(C)O)(C1)CC(C(C)(C)O)(C3)C2.CCC(C)(C)C(=O)OC12CC3CC(C1)CC(C(=O)OC(C)C(F)(F)S(=O)(=O)[O-])(C3)C2.CCC(C)(C)C(=O)OC1CCC(C(C)(C)OC(=O)CC(=O)O)CC1.CCC(C)(C)C(=O)OC1CCOC1=O. The summed E-state index contributed by atoms with van der Waals surface area (Å²) in [6, 6.07) is 29.3. The van der Waals surface area contributed by atoms with Crippen molar-refractivity contribution in [2.45, 2.75) is 359 Å². The van der Waals surface area contributed by atoms with Crippen LogP contribution in [0.1, 0.15) is 287 Å². The Kier molecular flexibility index (Phi) is 31.5. The van der Waals surface area contributed by atoms with Gasteiger partial charge < -0.3 is 62.9 Å². The second kappa shape index (κ2) is 37.7. The largest absolute Gasteiger partial charge is 0.743 e. The molecule has 13 rings (SSSR count). The lowest BCUT2D eigenvalue weighted by Crippen LogP contribution is -2.70. The summed E-state index contributed by atoms with van der Waals surface area (Å²) in [7, 11) is -6.13. The normalized spacial score (nSPS) is 26.8. The Morgan fingerprint density at radius 3 is 1.39 bits per heavy atom. The molecule has 0 aromatic heterocycles. The lowest BCUT2D eigenvalue weighted by molar-refractivity contribution is -0.288. The van der Waals surface area contributed by atoms with Crippen molar-refractivity contribution in [2.24, 2.45) is 61.6 Å². The fraction of sp³-hybridized carbons (Fsp3) is 0.717. The number of carbonyl (C=O) groups is 8. The summed E-state index contributed by atoms with van der Waals surface area (Å²) in [6.45, 7) is 38.6. The van der Waals surface area contributed by atoms with Gasteiger partial charge in [-0.25, -0.2) is 13.2 Å². The van der Waals surface area contributed by atoms with Gasteiger partial charge in [-0.15, -0.1) is 0 Å². The van der Waals surface area contributed by atoms with Crippen molar-refractivity contribution in [3.63, 3.8) is 0 Å². The maximum absolute atomic E-state index is 13.8. The highest BCUT2D eigenvalue weighted by atomic mass is 32.2. The van der Waals surface area contributed by atoms with Gasteiger partial charge in [0.2, 0.25) is 6.10 Å². The average Bonchev–Trinajstić information content (AvgIpc) is 0.796. The third kappa shape index (κ3) is 24.6. The van der Waals surface area contributed by atoms with Crippen LogP contribution in [0.4, 0.5) is 8.78 Å². The number of alkyl halides is 2. The highest BCUT2D eigenvalue weighted by Gasteiger charge is 2.72. The van der Waals surface area contributed by atoms with Crippen molar-refractivity contribution in [3.8, 4) is 5.75 Å². The van der Waals surface area contributed by atoms with Crippen molar-refractivity contribution in [2.75, 3.05) is 13.2 Å². The van der Waals surface area contributed by atoms with Crippen molar-refractivity contribution >= 4 is 68.8 Å². The molecule has 27 heteroatoms. The van der Waals surface area contributed by atoms with Crippen molar-refractivity contribution in [1.29, 1.82) is 0 Å². The Labute approximate surface area is 707 Å². The quantitative estimate of drug-likeness (QED) is 0.0172. The second-order valence-corrected chi connectivity index (χ2v) is 43.4. The number of benzene rings is 3. The summed E-state index contributed by atoms with van der Waals surface area (Å²) in [4.78, 5) is 99.4. The fourth-order valence-electron chi connectivity index (χ4n) is 18.2. The number of carbonyl (C=O) groups excluding carboxylic acids is 7. The summed E-state index contributed by atoms with van der Waals surface area (Å²) >= 11 is 0. The number of carboxylic acids is 1. The van der Waals surface area contributed by atoms with E-state index < -0.39 is 119 Å². The minimum Gasteiger partial charge on any atom is -0.743 e. The first-order valence-electron chi connectivity index (χ1n) is 42.4. The van der Waals surface area contributed by atoms with Gasteiger partial charge in [-0.2, -0.15) is 8.78 Å². The Hall–Kier alpha value is -6.78. The van der Waals surface area contributed by atoms with Gasteiger partial charge in [0.25, 0.3) is 0 Å². The average molecular weight is 1710 g/mol. The van der Waals surface area contributed by atoms with Gasteiger partial charge in [0, 0.05) is 23.7 Å². The van der Waals surface area contributed by atoms with E-state index in [4.69, 9.17) is 43.0 Å². The van der Waals surface area contributed by atoms with E-state index in [9.17, 15) is 75.4 Å².